The van der Waals surface area contributed by atoms with Gasteiger partial charge in [0.05, 0.1) is 17.2 Å². The summed E-state index contributed by atoms with van der Waals surface area (Å²) in [6, 6.07) is 6.06. The molecule has 0 saturated heterocycles. The zero-order valence-electron chi connectivity index (χ0n) is 10.3. The Morgan fingerprint density at radius 2 is 1.89 bits per heavy atom. The van der Waals surface area contributed by atoms with Gasteiger partial charge in [-0.25, -0.2) is 8.42 Å². The predicted octanol–water partition coefficient (Wildman–Crippen LogP) is 0.990. The van der Waals surface area contributed by atoms with Crippen molar-refractivity contribution in [2.75, 3.05) is 26.4 Å². The summed E-state index contributed by atoms with van der Waals surface area (Å²) in [5.41, 5.74) is 5.57. The molecule has 1 aromatic carbocycles. The maximum absolute atomic E-state index is 11.9. The average molecular weight is 290 g/mol. The monoisotopic (exact) mass is 289 g/mol. The first-order valence-electron chi connectivity index (χ1n) is 5.28. The van der Waals surface area contributed by atoms with Crippen LogP contribution in [0.25, 0.3) is 0 Å². The molecule has 7 heteroatoms. The standard InChI is InChI=1S/C11H16ClN3O2S/c1-15(2)11(13)14-7-8-18(16,17)10-5-3-9(12)4-6-10/h3-6H,7-8H2,1-2H3,(H2,13,14). The Hall–Kier alpha value is -1.27. The Kier molecular flexibility index (Phi) is 4.98. The van der Waals surface area contributed by atoms with Crippen LogP contribution < -0.4 is 5.73 Å². The Balaban J connectivity index is 2.72. The van der Waals surface area contributed by atoms with Crippen LogP contribution in [0.4, 0.5) is 0 Å². The summed E-state index contributed by atoms with van der Waals surface area (Å²) in [6.45, 7) is 0.134. The number of nitrogens with zero attached hydrogens (tertiary/aromatic N) is 2. The van der Waals surface area contributed by atoms with Crippen molar-refractivity contribution in [1.29, 1.82) is 0 Å². The van der Waals surface area contributed by atoms with Crippen LogP contribution in [-0.4, -0.2) is 45.7 Å². The third-order valence-electron chi connectivity index (χ3n) is 2.26. The Morgan fingerprint density at radius 3 is 2.39 bits per heavy atom. The molecule has 0 saturated carbocycles. The van der Waals surface area contributed by atoms with Crippen molar-refractivity contribution < 1.29 is 8.42 Å². The molecule has 1 rings (SSSR count). The highest BCUT2D eigenvalue weighted by molar-refractivity contribution is 7.91. The molecule has 0 spiro atoms. The summed E-state index contributed by atoms with van der Waals surface area (Å²) >= 11 is 5.70. The summed E-state index contributed by atoms with van der Waals surface area (Å²) < 4.78 is 23.9. The molecule has 1 aromatic rings. The molecule has 0 fully saturated rings. The summed E-state index contributed by atoms with van der Waals surface area (Å²) in [4.78, 5) is 5.83. The van der Waals surface area contributed by atoms with Gasteiger partial charge in [0, 0.05) is 19.1 Å². The summed E-state index contributed by atoms with van der Waals surface area (Å²) in [5.74, 6) is 0.227. The summed E-state index contributed by atoms with van der Waals surface area (Å²) in [7, 11) is 0.147. The van der Waals surface area contributed by atoms with Crippen LogP contribution in [0.3, 0.4) is 0 Å². The second kappa shape index (κ2) is 6.06. The number of sulfone groups is 1. The summed E-state index contributed by atoms with van der Waals surface area (Å²) in [5, 5.41) is 0.504. The number of hydrogen-bond donors (Lipinski definition) is 1. The number of hydrogen-bond acceptors (Lipinski definition) is 3. The molecular weight excluding hydrogens is 274 g/mol. The van der Waals surface area contributed by atoms with E-state index in [0.29, 0.717) is 11.0 Å². The highest BCUT2D eigenvalue weighted by Crippen LogP contribution is 2.15. The minimum atomic E-state index is -3.34. The van der Waals surface area contributed by atoms with Gasteiger partial charge in [0.2, 0.25) is 0 Å². The number of nitrogens with two attached hydrogens (primary N) is 1. The van der Waals surface area contributed by atoms with Gasteiger partial charge in [-0.2, -0.15) is 0 Å². The third-order valence-corrected chi connectivity index (χ3v) is 4.23. The molecule has 5 nitrogen and oxygen atoms in total. The molecule has 18 heavy (non-hydrogen) atoms. The zero-order chi connectivity index (χ0) is 13.8. The maximum Gasteiger partial charge on any atom is 0.190 e. The average Bonchev–Trinajstić information content (AvgIpc) is 2.29. The van der Waals surface area contributed by atoms with Crippen LogP contribution in [0.2, 0.25) is 5.02 Å². The van der Waals surface area contributed by atoms with Crippen molar-refractivity contribution in [2.45, 2.75) is 4.90 Å². The lowest BCUT2D eigenvalue weighted by atomic mass is 10.4. The van der Waals surface area contributed by atoms with Gasteiger partial charge in [-0.1, -0.05) is 11.6 Å². The van der Waals surface area contributed by atoms with Crippen molar-refractivity contribution in [1.82, 2.24) is 4.90 Å². The van der Waals surface area contributed by atoms with Crippen LogP contribution >= 0.6 is 11.6 Å². The Bertz CT molecular complexity index is 524. The molecule has 0 radical (unpaired) electrons. The lowest BCUT2D eigenvalue weighted by molar-refractivity contribution is 0.593. The molecule has 2 N–H and O–H groups in total. The minimum Gasteiger partial charge on any atom is -0.370 e. The topological polar surface area (TPSA) is 75.8 Å². The third kappa shape index (κ3) is 4.19. The van der Waals surface area contributed by atoms with Crippen molar-refractivity contribution in [3.8, 4) is 0 Å². The van der Waals surface area contributed by atoms with E-state index in [2.05, 4.69) is 4.99 Å². The van der Waals surface area contributed by atoms with Gasteiger partial charge in [0.1, 0.15) is 0 Å². The Morgan fingerprint density at radius 1 is 1.33 bits per heavy atom. The molecule has 0 amide bonds. The van der Waals surface area contributed by atoms with Gasteiger partial charge < -0.3 is 10.6 Å². The molecular formula is C11H16ClN3O2S. The quantitative estimate of drug-likeness (QED) is 0.662. The molecule has 0 aliphatic carbocycles. The van der Waals surface area contributed by atoms with Gasteiger partial charge in [-0.3, -0.25) is 4.99 Å². The molecule has 0 atom stereocenters. The first-order valence-corrected chi connectivity index (χ1v) is 7.31. The van der Waals surface area contributed by atoms with E-state index >= 15 is 0 Å². The van der Waals surface area contributed by atoms with Gasteiger partial charge in [-0.15, -0.1) is 0 Å². The smallest absolute Gasteiger partial charge is 0.190 e. The van der Waals surface area contributed by atoms with E-state index in [1.54, 1.807) is 31.1 Å². The van der Waals surface area contributed by atoms with E-state index in [1.165, 1.54) is 12.1 Å². The number of guanidine groups is 1. The van der Waals surface area contributed by atoms with Crippen LogP contribution in [0.5, 0.6) is 0 Å². The predicted molar refractivity (Wildman–Crippen MR) is 73.7 cm³/mol. The SMILES string of the molecule is CN(C)C(N)=NCCS(=O)(=O)c1ccc(Cl)cc1. The largest absolute Gasteiger partial charge is 0.370 e. The van der Waals surface area contributed by atoms with E-state index in [9.17, 15) is 8.42 Å². The van der Waals surface area contributed by atoms with Crippen molar-refractivity contribution in [2.24, 2.45) is 10.7 Å². The first-order chi connectivity index (χ1) is 8.33. The lowest BCUT2D eigenvalue weighted by Crippen LogP contribution is -2.31. The highest BCUT2D eigenvalue weighted by atomic mass is 35.5. The van der Waals surface area contributed by atoms with E-state index in [0.717, 1.165) is 0 Å². The van der Waals surface area contributed by atoms with Crippen LogP contribution in [-0.2, 0) is 9.84 Å². The van der Waals surface area contributed by atoms with E-state index < -0.39 is 9.84 Å². The molecule has 0 aliphatic heterocycles. The van der Waals surface area contributed by atoms with Gasteiger partial charge in [-0.05, 0) is 24.3 Å². The molecule has 0 aliphatic rings. The molecule has 100 valence electrons. The second-order valence-corrected chi connectivity index (χ2v) is 6.45. The zero-order valence-corrected chi connectivity index (χ0v) is 11.9. The fourth-order valence-electron chi connectivity index (χ4n) is 1.18. The molecule has 0 bridgehead atoms. The molecule has 0 aromatic heterocycles. The molecule has 0 unspecified atom stereocenters. The normalized spacial score (nSPS) is 12.5. The fourth-order valence-corrected chi connectivity index (χ4v) is 2.43. The maximum atomic E-state index is 11.9. The van der Waals surface area contributed by atoms with E-state index in [1.807, 2.05) is 0 Å². The highest BCUT2D eigenvalue weighted by Gasteiger charge is 2.13. The molecule has 0 heterocycles. The van der Waals surface area contributed by atoms with Gasteiger partial charge in [0.15, 0.2) is 15.8 Å². The number of aliphatic imine (C=N–C) groups is 1. The Labute approximate surface area is 112 Å². The minimum absolute atomic E-state index is 0.0802. The van der Waals surface area contributed by atoms with Crippen LogP contribution in [0, 0.1) is 0 Å². The van der Waals surface area contributed by atoms with E-state index in [-0.39, 0.29) is 17.2 Å². The number of rotatable bonds is 4. The fraction of sp³-hybridized carbons (Fsp3) is 0.364. The lowest BCUT2D eigenvalue weighted by Gasteiger charge is -2.10. The number of halogens is 1. The van der Waals surface area contributed by atoms with Crippen molar-refractivity contribution in [3.05, 3.63) is 29.3 Å². The van der Waals surface area contributed by atoms with Crippen molar-refractivity contribution >= 4 is 27.4 Å². The first kappa shape index (κ1) is 14.8. The van der Waals surface area contributed by atoms with Crippen LogP contribution in [0.1, 0.15) is 0 Å². The number of benzene rings is 1. The van der Waals surface area contributed by atoms with E-state index in [4.69, 9.17) is 17.3 Å². The van der Waals surface area contributed by atoms with Gasteiger partial charge in [0.25, 0.3) is 0 Å². The summed E-state index contributed by atoms with van der Waals surface area (Å²) in [6.07, 6.45) is 0. The van der Waals surface area contributed by atoms with Crippen LogP contribution in [0.15, 0.2) is 34.2 Å². The second-order valence-electron chi connectivity index (χ2n) is 3.91. The van der Waals surface area contributed by atoms with Crippen molar-refractivity contribution in [3.63, 3.8) is 0 Å². The van der Waals surface area contributed by atoms with Gasteiger partial charge >= 0.3 is 0 Å².